The van der Waals surface area contributed by atoms with Gasteiger partial charge < -0.3 is 9.13 Å². The second-order valence-electron chi connectivity index (χ2n) is 15.0. The summed E-state index contributed by atoms with van der Waals surface area (Å²) in [6.45, 7) is 0. The van der Waals surface area contributed by atoms with E-state index in [4.69, 9.17) is 0 Å². The largest absolute Gasteiger partial charge is 0.309 e. The molecule has 0 saturated heterocycles. The summed E-state index contributed by atoms with van der Waals surface area (Å²) in [5.41, 5.74) is 9.97. The molecule has 0 radical (unpaired) electrons. The highest BCUT2D eigenvalue weighted by Gasteiger charge is 2.20. The highest BCUT2D eigenvalue weighted by atomic mass is 15.0. The molecule has 270 valence electrons. The molecule has 58 heavy (non-hydrogen) atoms. The van der Waals surface area contributed by atoms with E-state index in [0.29, 0.717) is 5.56 Å². The molecule has 0 bridgehead atoms. The monoisotopic (exact) mass is 740 g/mol. The fourth-order valence-corrected chi connectivity index (χ4v) is 9.16. The third kappa shape index (κ3) is 4.99. The number of fused-ring (bicyclic) bond motifs is 9. The molecule has 0 fully saturated rings. The van der Waals surface area contributed by atoms with Crippen LogP contribution in [0.1, 0.15) is 5.48 Å². The summed E-state index contributed by atoms with van der Waals surface area (Å²) in [7, 11) is 0. The average Bonchev–Trinajstić information content (AvgIpc) is 3.82. The lowest BCUT2D eigenvalue weighted by Crippen LogP contribution is -1.96. The zero-order chi connectivity index (χ0) is 41.6. The van der Waals surface area contributed by atoms with Crippen LogP contribution in [0.25, 0.3) is 110 Å². The second-order valence-corrected chi connectivity index (χ2v) is 15.0. The first-order valence-corrected chi connectivity index (χ1v) is 19.7. The van der Waals surface area contributed by atoms with E-state index in [1.165, 1.54) is 16.3 Å². The molecule has 0 aliphatic heterocycles. The Kier molecular flexibility index (Phi) is 6.40. The molecule has 2 heteroatoms. The molecule has 12 rings (SSSR count). The van der Waals surface area contributed by atoms with Gasteiger partial charge in [0, 0.05) is 32.9 Å². The molecule has 0 aliphatic rings. The van der Waals surface area contributed by atoms with Crippen molar-refractivity contribution in [3.8, 4) is 44.8 Å². The lowest BCUT2D eigenvalue weighted by atomic mass is 9.94. The zero-order valence-electron chi connectivity index (χ0n) is 35.4. The van der Waals surface area contributed by atoms with E-state index in [9.17, 15) is 5.48 Å². The number of aromatic nitrogens is 2. The first kappa shape index (κ1) is 28.7. The van der Waals surface area contributed by atoms with E-state index in [1.807, 2.05) is 71.3 Å². The third-order valence-electron chi connectivity index (χ3n) is 11.8. The van der Waals surface area contributed by atoms with Crippen LogP contribution >= 0.6 is 0 Å². The molecule has 2 aromatic heterocycles. The van der Waals surface area contributed by atoms with Gasteiger partial charge in [0.05, 0.1) is 27.5 Å². The number of rotatable bonds is 5. The number of benzene rings is 10. The Morgan fingerprint density at radius 3 is 1.66 bits per heavy atom. The maximum absolute atomic E-state index is 9.74. The van der Waals surface area contributed by atoms with Gasteiger partial charge in [0.2, 0.25) is 0 Å². The van der Waals surface area contributed by atoms with Gasteiger partial charge in [-0.25, -0.2) is 0 Å². The predicted octanol–water partition coefficient (Wildman–Crippen LogP) is 15.2. The van der Waals surface area contributed by atoms with Crippen LogP contribution in [0.4, 0.5) is 0 Å². The Labute approximate surface area is 341 Å². The fourth-order valence-electron chi connectivity index (χ4n) is 9.16. The average molecular weight is 741 g/mol. The lowest BCUT2D eigenvalue weighted by molar-refractivity contribution is 1.17. The summed E-state index contributed by atoms with van der Waals surface area (Å²) in [6, 6.07) is 66.4. The van der Waals surface area contributed by atoms with Gasteiger partial charge in [-0.15, -0.1) is 0 Å². The summed E-state index contributed by atoms with van der Waals surface area (Å²) in [4.78, 5) is 0. The van der Waals surface area contributed by atoms with Gasteiger partial charge in [0.25, 0.3) is 0 Å². The molecule has 10 aromatic carbocycles. The minimum atomic E-state index is -0.0968. The predicted molar refractivity (Wildman–Crippen MR) is 246 cm³/mol. The molecule has 0 amide bonds. The molecule has 2 nitrogen and oxygen atoms in total. The normalized spacial score (nSPS) is 12.8. The molecule has 0 saturated carbocycles. The quantitative estimate of drug-likeness (QED) is 0.166. The summed E-state index contributed by atoms with van der Waals surface area (Å²) in [6.07, 6.45) is 0. The highest BCUT2D eigenvalue weighted by molar-refractivity contribution is 6.25. The number of hydrogen-bond acceptors (Lipinski definition) is 0. The molecule has 0 N–H and O–H groups in total. The van der Waals surface area contributed by atoms with Crippen LogP contribution in [0.2, 0.25) is 0 Å². The first-order chi connectivity index (χ1) is 30.5. The molecule has 0 spiro atoms. The molecule has 0 unspecified atom stereocenters. The Hall–Kier alpha value is -7.68. The van der Waals surface area contributed by atoms with Gasteiger partial charge in [-0.3, -0.25) is 0 Å². The summed E-state index contributed by atoms with van der Waals surface area (Å²) in [5.74, 6) is 0. The Balaban J connectivity index is 1.14. The van der Waals surface area contributed by atoms with E-state index >= 15 is 0 Å². The zero-order valence-corrected chi connectivity index (χ0v) is 31.4. The van der Waals surface area contributed by atoms with E-state index in [2.05, 4.69) is 132 Å². The van der Waals surface area contributed by atoms with Crippen molar-refractivity contribution in [2.45, 2.75) is 0 Å². The van der Waals surface area contributed by atoms with Crippen molar-refractivity contribution in [2.24, 2.45) is 0 Å². The lowest BCUT2D eigenvalue weighted by Gasteiger charge is -2.13. The minimum Gasteiger partial charge on any atom is -0.309 e. The van der Waals surface area contributed by atoms with Crippen molar-refractivity contribution in [3.63, 3.8) is 0 Å². The maximum Gasteiger partial charge on any atom is 0.0645 e. The summed E-state index contributed by atoms with van der Waals surface area (Å²) in [5, 5.41) is 8.76. The Bertz CT molecular complexity index is 3750. The number of nitrogens with zero attached hydrogens (tertiary/aromatic N) is 2. The van der Waals surface area contributed by atoms with Crippen molar-refractivity contribution in [3.05, 3.63) is 218 Å². The van der Waals surface area contributed by atoms with Crippen molar-refractivity contribution in [1.82, 2.24) is 9.13 Å². The second kappa shape index (κ2) is 12.9. The van der Waals surface area contributed by atoms with Crippen molar-refractivity contribution >= 4 is 65.2 Å². The van der Waals surface area contributed by atoms with Crippen molar-refractivity contribution in [2.75, 3.05) is 0 Å². The number of para-hydroxylation sites is 1. The van der Waals surface area contributed by atoms with Gasteiger partial charge in [-0.1, -0.05) is 170 Å². The molecule has 0 atom stereocenters. The van der Waals surface area contributed by atoms with Crippen molar-refractivity contribution < 1.29 is 5.48 Å². The SMILES string of the molecule is [2H]c1c([2H])c(-n2c3cc4c(cc3c3c5ccccc5ccc32)c2ccccc2n4-c2ccc(-c3cccc4ccccc34)cc2)c([2H])c([2H])c1-c1ccccc1-c1ccccc1. The van der Waals surface area contributed by atoms with Gasteiger partial charge in [-0.2, -0.15) is 0 Å². The van der Waals surface area contributed by atoms with Crippen LogP contribution in [0.3, 0.4) is 0 Å². The molecular formula is C56H36N2. The highest BCUT2D eigenvalue weighted by Crippen LogP contribution is 2.43. The van der Waals surface area contributed by atoms with Crippen LogP contribution in [-0.4, -0.2) is 9.13 Å². The van der Waals surface area contributed by atoms with Crippen LogP contribution in [0.15, 0.2) is 218 Å². The molecular weight excluding hydrogens is 701 g/mol. The van der Waals surface area contributed by atoms with Gasteiger partial charge in [0.1, 0.15) is 0 Å². The summed E-state index contributed by atoms with van der Waals surface area (Å²) >= 11 is 0. The summed E-state index contributed by atoms with van der Waals surface area (Å²) < 4.78 is 42.9. The minimum absolute atomic E-state index is 0.0818. The topological polar surface area (TPSA) is 9.86 Å². The Morgan fingerprint density at radius 1 is 0.293 bits per heavy atom. The van der Waals surface area contributed by atoms with E-state index in [-0.39, 0.29) is 35.4 Å². The van der Waals surface area contributed by atoms with Crippen molar-refractivity contribution in [1.29, 1.82) is 0 Å². The number of hydrogen-bond donors (Lipinski definition) is 0. The van der Waals surface area contributed by atoms with Crippen LogP contribution in [-0.2, 0) is 0 Å². The van der Waals surface area contributed by atoms with Gasteiger partial charge in [-0.05, 0) is 103 Å². The van der Waals surface area contributed by atoms with Crippen LogP contribution in [0.5, 0.6) is 0 Å². The van der Waals surface area contributed by atoms with Crippen LogP contribution in [0, 0.1) is 0 Å². The van der Waals surface area contributed by atoms with Gasteiger partial charge >= 0.3 is 0 Å². The first-order valence-electron chi connectivity index (χ1n) is 21.7. The van der Waals surface area contributed by atoms with Gasteiger partial charge in [0.15, 0.2) is 0 Å². The maximum atomic E-state index is 9.74. The van der Waals surface area contributed by atoms with E-state index in [1.54, 1.807) is 0 Å². The molecule has 12 aromatic rings. The molecule has 2 heterocycles. The standard InChI is InChI=1S/C56H36N2/c1-2-13-37(14-3-1)44-19-8-9-20-46(44)40-27-32-43(33-28-40)58-53-34-29-39-16-5-7-21-48(39)56(53)51-35-50-49-22-10-11-24-52(49)57(54(50)36-55(51)58)42-30-25-41(26-31-42)47-23-12-17-38-15-4-6-18-45(38)47/h1-36H/i27D,28D,32D,33D. The molecule has 0 aliphatic carbocycles. The Morgan fingerprint density at radius 2 is 0.862 bits per heavy atom. The third-order valence-corrected chi connectivity index (χ3v) is 11.8. The van der Waals surface area contributed by atoms with E-state index < -0.39 is 0 Å². The fraction of sp³-hybridized carbons (Fsp3) is 0. The van der Waals surface area contributed by atoms with Crippen LogP contribution < -0.4 is 0 Å². The smallest absolute Gasteiger partial charge is 0.0645 e. The van der Waals surface area contributed by atoms with E-state index in [0.717, 1.165) is 76.8 Å².